The maximum atomic E-state index is 14.6. The maximum Gasteiger partial charge on any atom is 0.339 e. The number of carbonyl (C=O) groups is 1. The number of esters is 1. The van der Waals surface area contributed by atoms with Crippen molar-refractivity contribution in [1.82, 2.24) is 9.55 Å². The minimum atomic E-state index is -0.878. The van der Waals surface area contributed by atoms with Crippen molar-refractivity contribution in [2.45, 2.75) is 52.1 Å². The number of ether oxygens (including phenoxy) is 1. The third kappa shape index (κ3) is 3.56. The molecular weight excluding hydrogens is 375 g/mol. The first-order valence-corrected chi connectivity index (χ1v) is 9.17. The second kappa shape index (κ2) is 7.31. The number of hydrogen-bond acceptors (Lipinski definition) is 4. The van der Waals surface area contributed by atoms with Gasteiger partial charge < -0.3 is 9.72 Å². The molecule has 2 aromatic rings. The number of aryl methyl sites for hydroxylation is 1. The number of nitrogens with one attached hydrogen (secondary N) is 1. The number of aromatic amines is 1. The molecule has 0 saturated carbocycles. The Bertz CT molecular complexity index is 1030. The summed E-state index contributed by atoms with van der Waals surface area (Å²) in [6.45, 7) is 5.22. The molecule has 27 heavy (non-hydrogen) atoms. The van der Waals surface area contributed by atoms with E-state index < -0.39 is 29.1 Å². The smallest absolute Gasteiger partial charge is 0.339 e. The molecule has 0 saturated heterocycles. The van der Waals surface area contributed by atoms with Crippen LogP contribution in [0.15, 0.2) is 21.7 Å². The SMILES string of the molecule is CC(C)OC(=O)c1cc(-n2c(=O)[nH]c3c(c2=O)C(C)CCC3)c(F)cc1Cl. The fourth-order valence-corrected chi connectivity index (χ4v) is 3.62. The summed E-state index contributed by atoms with van der Waals surface area (Å²) in [7, 11) is 0. The molecule has 1 aliphatic carbocycles. The van der Waals surface area contributed by atoms with Gasteiger partial charge in [-0.15, -0.1) is 0 Å². The molecule has 0 aliphatic heterocycles. The van der Waals surface area contributed by atoms with E-state index in [9.17, 15) is 18.8 Å². The van der Waals surface area contributed by atoms with Crippen LogP contribution >= 0.6 is 11.6 Å². The van der Waals surface area contributed by atoms with Gasteiger partial charge in [-0.1, -0.05) is 18.5 Å². The van der Waals surface area contributed by atoms with E-state index in [1.165, 1.54) is 0 Å². The van der Waals surface area contributed by atoms with Gasteiger partial charge in [0.2, 0.25) is 0 Å². The van der Waals surface area contributed by atoms with E-state index in [1.807, 2.05) is 6.92 Å². The van der Waals surface area contributed by atoms with Gasteiger partial charge >= 0.3 is 11.7 Å². The lowest BCUT2D eigenvalue weighted by Gasteiger charge is -2.22. The van der Waals surface area contributed by atoms with E-state index in [0.717, 1.165) is 29.5 Å². The van der Waals surface area contributed by atoms with Gasteiger partial charge in [-0.3, -0.25) is 4.79 Å². The number of carbonyl (C=O) groups excluding carboxylic acids is 1. The number of rotatable bonds is 3. The van der Waals surface area contributed by atoms with Crippen molar-refractivity contribution < 1.29 is 13.9 Å². The first-order chi connectivity index (χ1) is 12.7. The molecule has 3 rings (SSSR count). The van der Waals surface area contributed by atoms with E-state index >= 15 is 0 Å². The van der Waals surface area contributed by atoms with Crippen molar-refractivity contribution in [3.8, 4) is 5.69 Å². The van der Waals surface area contributed by atoms with Crippen LogP contribution in [-0.2, 0) is 11.2 Å². The molecule has 0 spiro atoms. The van der Waals surface area contributed by atoms with Gasteiger partial charge in [0.1, 0.15) is 5.82 Å². The van der Waals surface area contributed by atoms with Gasteiger partial charge in [-0.25, -0.2) is 18.5 Å². The summed E-state index contributed by atoms with van der Waals surface area (Å²) in [6.07, 6.45) is 1.87. The molecule has 1 aliphatic rings. The van der Waals surface area contributed by atoms with Gasteiger partial charge in [0.15, 0.2) is 0 Å². The van der Waals surface area contributed by atoms with Crippen LogP contribution < -0.4 is 11.2 Å². The Morgan fingerprint density at radius 1 is 1.37 bits per heavy atom. The van der Waals surface area contributed by atoms with Crippen molar-refractivity contribution in [2.24, 2.45) is 0 Å². The summed E-state index contributed by atoms with van der Waals surface area (Å²) in [5.74, 6) is -1.69. The van der Waals surface area contributed by atoms with Crippen LogP contribution in [0.1, 0.15) is 61.1 Å². The van der Waals surface area contributed by atoms with Crippen LogP contribution in [0.5, 0.6) is 0 Å². The number of H-pyrrole nitrogens is 1. The van der Waals surface area contributed by atoms with Crippen LogP contribution in [0.4, 0.5) is 4.39 Å². The number of hydrogen-bond donors (Lipinski definition) is 1. The van der Waals surface area contributed by atoms with Crippen LogP contribution in [-0.4, -0.2) is 21.6 Å². The highest BCUT2D eigenvalue weighted by atomic mass is 35.5. The average Bonchev–Trinajstić information content (AvgIpc) is 2.55. The van der Waals surface area contributed by atoms with E-state index in [1.54, 1.807) is 13.8 Å². The zero-order valence-corrected chi connectivity index (χ0v) is 16.0. The summed E-state index contributed by atoms with van der Waals surface area (Å²) in [4.78, 5) is 40.4. The Morgan fingerprint density at radius 3 is 2.74 bits per heavy atom. The van der Waals surface area contributed by atoms with Crippen LogP contribution in [0.3, 0.4) is 0 Å². The molecule has 1 unspecified atom stereocenters. The predicted octanol–water partition coefficient (Wildman–Crippen LogP) is 3.32. The van der Waals surface area contributed by atoms with Crippen LogP contribution in [0.25, 0.3) is 5.69 Å². The molecule has 144 valence electrons. The van der Waals surface area contributed by atoms with Gasteiger partial charge in [0.25, 0.3) is 5.56 Å². The summed E-state index contributed by atoms with van der Waals surface area (Å²) in [5, 5.41) is -0.155. The van der Waals surface area contributed by atoms with E-state index in [2.05, 4.69) is 4.98 Å². The average molecular weight is 395 g/mol. The van der Waals surface area contributed by atoms with Gasteiger partial charge in [0, 0.05) is 11.3 Å². The Morgan fingerprint density at radius 2 is 2.07 bits per heavy atom. The number of halogens is 2. The lowest BCUT2D eigenvalue weighted by atomic mass is 9.88. The standard InChI is InChI=1S/C19H20ClFN2O4/c1-9(2)27-18(25)11-7-15(13(21)8-12(11)20)23-17(24)16-10(3)5-4-6-14(16)22-19(23)26/h7-10H,4-6H2,1-3H3,(H,22,26). The number of fused-ring (bicyclic) bond motifs is 1. The Kier molecular flexibility index (Phi) is 5.24. The maximum absolute atomic E-state index is 14.6. The molecule has 0 fully saturated rings. The number of nitrogens with zero attached hydrogens (tertiary/aromatic N) is 1. The fourth-order valence-electron chi connectivity index (χ4n) is 3.39. The number of benzene rings is 1. The molecule has 6 nitrogen and oxygen atoms in total. The molecule has 1 aromatic carbocycles. The monoisotopic (exact) mass is 394 g/mol. The summed E-state index contributed by atoms with van der Waals surface area (Å²) < 4.78 is 20.4. The molecule has 1 atom stereocenters. The highest BCUT2D eigenvalue weighted by molar-refractivity contribution is 6.33. The third-order valence-electron chi connectivity index (χ3n) is 4.62. The molecule has 1 aromatic heterocycles. The van der Waals surface area contributed by atoms with Crippen molar-refractivity contribution in [2.75, 3.05) is 0 Å². The van der Waals surface area contributed by atoms with Gasteiger partial charge in [-0.05, 0) is 51.2 Å². The minimum absolute atomic E-state index is 0.0508. The summed E-state index contributed by atoms with van der Waals surface area (Å²) >= 11 is 5.97. The van der Waals surface area contributed by atoms with E-state index in [-0.39, 0.29) is 22.2 Å². The predicted molar refractivity (Wildman–Crippen MR) is 99.5 cm³/mol. The van der Waals surface area contributed by atoms with Gasteiger partial charge in [-0.2, -0.15) is 0 Å². The highest BCUT2D eigenvalue weighted by Gasteiger charge is 2.26. The van der Waals surface area contributed by atoms with Crippen molar-refractivity contribution in [3.63, 3.8) is 0 Å². The van der Waals surface area contributed by atoms with Crippen molar-refractivity contribution in [3.05, 3.63) is 60.6 Å². The molecule has 8 heteroatoms. The quantitative estimate of drug-likeness (QED) is 0.810. The van der Waals surface area contributed by atoms with Gasteiger partial charge in [0.05, 0.1) is 22.4 Å². The minimum Gasteiger partial charge on any atom is -0.459 e. The van der Waals surface area contributed by atoms with Crippen LogP contribution in [0, 0.1) is 5.82 Å². The topological polar surface area (TPSA) is 81.2 Å². The van der Waals surface area contributed by atoms with Crippen molar-refractivity contribution in [1.29, 1.82) is 0 Å². The molecule has 0 radical (unpaired) electrons. The second-order valence-corrected chi connectivity index (χ2v) is 7.40. The van der Waals surface area contributed by atoms with Crippen LogP contribution in [0.2, 0.25) is 5.02 Å². The number of aromatic nitrogens is 2. The first kappa shape index (κ1) is 19.4. The normalized spacial score (nSPS) is 16.3. The zero-order chi connectivity index (χ0) is 19.9. The fraction of sp³-hybridized carbons (Fsp3) is 0.421. The van der Waals surface area contributed by atoms with E-state index in [0.29, 0.717) is 17.7 Å². The third-order valence-corrected chi connectivity index (χ3v) is 4.93. The lowest BCUT2D eigenvalue weighted by molar-refractivity contribution is 0.0378. The molecule has 0 amide bonds. The summed E-state index contributed by atoms with van der Waals surface area (Å²) in [6, 6.07) is 1.99. The largest absolute Gasteiger partial charge is 0.459 e. The molecular formula is C19H20ClFN2O4. The second-order valence-electron chi connectivity index (χ2n) is 6.99. The lowest BCUT2D eigenvalue weighted by Crippen LogP contribution is -2.39. The molecule has 1 N–H and O–H groups in total. The Hall–Kier alpha value is -2.41. The Labute approximate surface area is 159 Å². The van der Waals surface area contributed by atoms with E-state index in [4.69, 9.17) is 16.3 Å². The molecule has 1 heterocycles. The highest BCUT2D eigenvalue weighted by Crippen LogP contribution is 2.28. The Balaban J connectivity index is 2.23. The summed E-state index contributed by atoms with van der Waals surface area (Å²) in [5.41, 5.74) is -0.710. The molecule has 0 bridgehead atoms. The zero-order valence-electron chi connectivity index (χ0n) is 15.3. The first-order valence-electron chi connectivity index (χ1n) is 8.79. The van der Waals surface area contributed by atoms with Crippen molar-refractivity contribution >= 4 is 17.6 Å².